The Morgan fingerprint density at radius 1 is 1.41 bits per heavy atom. The number of nitrogens with zero attached hydrogens (tertiary/aromatic N) is 2. The minimum Gasteiger partial charge on any atom is -0.305 e. The smallest absolute Gasteiger partial charge is 0.123 e. The Hall–Kier alpha value is -1.68. The third-order valence-electron chi connectivity index (χ3n) is 2.74. The molecule has 1 unspecified atom stereocenters. The van der Waals surface area contributed by atoms with Crippen LogP contribution in [0, 0.1) is 5.82 Å². The van der Waals surface area contributed by atoms with E-state index in [0.717, 1.165) is 17.8 Å². The molecule has 0 spiro atoms. The Kier molecular flexibility index (Phi) is 3.54. The lowest BCUT2D eigenvalue weighted by molar-refractivity contribution is 0.565. The molecule has 0 radical (unpaired) electrons. The molecule has 1 N–H and O–H groups in total. The molecule has 3 nitrogen and oxygen atoms in total. The lowest BCUT2D eigenvalue weighted by Gasteiger charge is -2.18. The molecule has 0 aliphatic carbocycles. The molecule has 0 aliphatic rings. The molecule has 1 heterocycles. The molecule has 0 saturated carbocycles. The molecule has 17 heavy (non-hydrogen) atoms. The van der Waals surface area contributed by atoms with E-state index in [0.29, 0.717) is 0 Å². The molecule has 2 rings (SSSR count). The Labute approximate surface area is 100 Å². The summed E-state index contributed by atoms with van der Waals surface area (Å²) in [6.07, 6.45) is 1.75. The second-order valence-corrected chi connectivity index (χ2v) is 3.93. The number of rotatable bonds is 4. The van der Waals surface area contributed by atoms with Gasteiger partial charge in [0.15, 0.2) is 0 Å². The van der Waals surface area contributed by atoms with Gasteiger partial charge in [-0.2, -0.15) is 5.10 Å². The average Bonchev–Trinajstić information content (AvgIpc) is 2.72. The highest BCUT2D eigenvalue weighted by molar-refractivity contribution is 5.28. The fourth-order valence-corrected chi connectivity index (χ4v) is 1.95. The van der Waals surface area contributed by atoms with Crippen LogP contribution >= 0.6 is 0 Å². The topological polar surface area (TPSA) is 29.9 Å². The van der Waals surface area contributed by atoms with Gasteiger partial charge in [-0.15, -0.1) is 0 Å². The fraction of sp³-hybridized carbons (Fsp3) is 0.308. The lowest BCUT2D eigenvalue weighted by atomic mass is 10.0. The van der Waals surface area contributed by atoms with Crippen LogP contribution in [0.5, 0.6) is 0 Å². The van der Waals surface area contributed by atoms with Gasteiger partial charge in [0.25, 0.3) is 0 Å². The summed E-state index contributed by atoms with van der Waals surface area (Å²) >= 11 is 0. The van der Waals surface area contributed by atoms with Crippen LogP contribution in [-0.2, 0) is 7.05 Å². The molecule has 1 aromatic heterocycles. The number of hydrogen-bond acceptors (Lipinski definition) is 2. The van der Waals surface area contributed by atoms with Gasteiger partial charge in [-0.25, -0.2) is 4.39 Å². The second-order valence-electron chi connectivity index (χ2n) is 3.93. The van der Waals surface area contributed by atoms with Gasteiger partial charge in [0.2, 0.25) is 0 Å². The minimum absolute atomic E-state index is 0.0248. The van der Waals surface area contributed by atoms with E-state index >= 15 is 0 Å². The van der Waals surface area contributed by atoms with Crippen molar-refractivity contribution in [3.8, 4) is 0 Å². The van der Waals surface area contributed by atoms with Gasteiger partial charge in [0.05, 0.1) is 11.7 Å². The van der Waals surface area contributed by atoms with E-state index in [9.17, 15) is 4.39 Å². The zero-order valence-corrected chi connectivity index (χ0v) is 10.0. The summed E-state index contributed by atoms with van der Waals surface area (Å²) in [5, 5.41) is 7.49. The zero-order valence-electron chi connectivity index (χ0n) is 10.0. The number of hydrogen-bond donors (Lipinski definition) is 1. The second kappa shape index (κ2) is 5.10. The van der Waals surface area contributed by atoms with Gasteiger partial charge in [-0.3, -0.25) is 4.68 Å². The van der Waals surface area contributed by atoms with Crippen LogP contribution in [0.25, 0.3) is 0 Å². The number of benzene rings is 1. The van der Waals surface area contributed by atoms with Gasteiger partial charge in [-0.05, 0) is 30.3 Å². The van der Waals surface area contributed by atoms with Crippen molar-refractivity contribution in [2.45, 2.75) is 13.0 Å². The predicted molar refractivity (Wildman–Crippen MR) is 65.1 cm³/mol. The first kappa shape index (κ1) is 11.8. The number of nitrogens with one attached hydrogen (secondary N) is 1. The summed E-state index contributed by atoms with van der Waals surface area (Å²) in [4.78, 5) is 0. The van der Waals surface area contributed by atoms with Crippen LogP contribution < -0.4 is 5.32 Å². The molecule has 0 amide bonds. The van der Waals surface area contributed by atoms with E-state index in [2.05, 4.69) is 10.4 Å². The van der Waals surface area contributed by atoms with Crippen molar-refractivity contribution < 1.29 is 4.39 Å². The van der Waals surface area contributed by atoms with Crippen molar-refractivity contribution in [3.63, 3.8) is 0 Å². The van der Waals surface area contributed by atoms with Crippen LogP contribution in [-0.4, -0.2) is 16.3 Å². The normalized spacial score (nSPS) is 12.6. The standard InChI is InChI=1S/C13H16FN3/c1-3-15-13(12-7-8-16-17(12)2)10-5-4-6-11(14)9-10/h4-9,13,15H,3H2,1-2H3. The molecule has 0 saturated heterocycles. The van der Waals surface area contributed by atoms with E-state index in [-0.39, 0.29) is 11.9 Å². The highest BCUT2D eigenvalue weighted by Gasteiger charge is 2.16. The number of halogens is 1. The molecule has 4 heteroatoms. The third-order valence-corrected chi connectivity index (χ3v) is 2.74. The SMILES string of the molecule is CCNC(c1cccc(F)c1)c1ccnn1C. The van der Waals surface area contributed by atoms with Crippen LogP contribution in [0.15, 0.2) is 36.5 Å². The van der Waals surface area contributed by atoms with Crippen LogP contribution in [0.4, 0.5) is 4.39 Å². The van der Waals surface area contributed by atoms with Crippen molar-refractivity contribution in [2.24, 2.45) is 7.05 Å². The first-order chi connectivity index (χ1) is 8.22. The van der Waals surface area contributed by atoms with E-state index in [1.165, 1.54) is 6.07 Å². The lowest BCUT2D eigenvalue weighted by Crippen LogP contribution is -2.24. The Balaban J connectivity index is 2.39. The molecule has 0 fully saturated rings. The van der Waals surface area contributed by atoms with Crippen molar-refractivity contribution in [1.82, 2.24) is 15.1 Å². The van der Waals surface area contributed by atoms with Crippen LogP contribution in [0.3, 0.4) is 0 Å². The summed E-state index contributed by atoms with van der Waals surface area (Å²) in [7, 11) is 1.89. The molecule has 0 aliphatic heterocycles. The molecular formula is C13H16FN3. The zero-order chi connectivity index (χ0) is 12.3. The van der Waals surface area contributed by atoms with Crippen molar-refractivity contribution >= 4 is 0 Å². The number of aryl methyl sites for hydroxylation is 1. The molecule has 0 bridgehead atoms. The van der Waals surface area contributed by atoms with E-state index in [1.807, 2.05) is 26.1 Å². The largest absolute Gasteiger partial charge is 0.305 e. The third kappa shape index (κ3) is 2.53. The van der Waals surface area contributed by atoms with Gasteiger partial charge < -0.3 is 5.32 Å². The Morgan fingerprint density at radius 3 is 2.82 bits per heavy atom. The molecule has 90 valence electrons. The van der Waals surface area contributed by atoms with E-state index in [1.54, 1.807) is 23.0 Å². The van der Waals surface area contributed by atoms with Gasteiger partial charge >= 0.3 is 0 Å². The first-order valence-electron chi connectivity index (χ1n) is 5.69. The van der Waals surface area contributed by atoms with Crippen LogP contribution in [0.2, 0.25) is 0 Å². The summed E-state index contributed by atoms with van der Waals surface area (Å²) in [5.74, 6) is -0.215. The van der Waals surface area contributed by atoms with Crippen LogP contribution in [0.1, 0.15) is 24.2 Å². The number of aromatic nitrogens is 2. The summed E-state index contributed by atoms with van der Waals surface area (Å²) in [5.41, 5.74) is 1.94. The molecular weight excluding hydrogens is 217 g/mol. The highest BCUT2D eigenvalue weighted by atomic mass is 19.1. The average molecular weight is 233 g/mol. The van der Waals surface area contributed by atoms with Gasteiger partial charge in [-0.1, -0.05) is 19.1 Å². The highest BCUT2D eigenvalue weighted by Crippen LogP contribution is 2.21. The molecule has 1 atom stereocenters. The van der Waals surface area contributed by atoms with E-state index in [4.69, 9.17) is 0 Å². The Morgan fingerprint density at radius 2 is 2.24 bits per heavy atom. The fourth-order valence-electron chi connectivity index (χ4n) is 1.95. The summed E-state index contributed by atoms with van der Waals surface area (Å²) < 4.78 is 15.1. The van der Waals surface area contributed by atoms with E-state index < -0.39 is 0 Å². The maximum atomic E-state index is 13.3. The van der Waals surface area contributed by atoms with Gasteiger partial charge in [0.1, 0.15) is 5.82 Å². The minimum atomic E-state index is -0.215. The predicted octanol–water partition coefficient (Wildman–Crippen LogP) is 2.26. The van der Waals surface area contributed by atoms with Crippen molar-refractivity contribution in [3.05, 3.63) is 53.6 Å². The summed E-state index contributed by atoms with van der Waals surface area (Å²) in [6, 6.07) is 8.58. The molecule has 2 aromatic rings. The quantitative estimate of drug-likeness (QED) is 0.877. The Bertz CT molecular complexity index is 493. The maximum absolute atomic E-state index is 13.3. The monoisotopic (exact) mass is 233 g/mol. The summed E-state index contributed by atoms with van der Waals surface area (Å²) in [6.45, 7) is 2.84. The maximum Gasteiger partial charge on any atom is 0.123 e. The molecule has 1 aromatic carbocycles. The van der Waals surface area contributed by atoms with Crippen molar-refractivity contribution in [1.29, 1.82) is 0 Å². The first-order valence-corrected chi connectivity index (χ1v) is 5.69. The van der Waals surface area contributed by atoms with Gasteiger partial charge in [0, 0.05) is 13.2 Å². The van der Waals surface area contributed by atoms with Crippen molar-refractivity contribution in [2.75, 3.05) is 6.54 Å².